The van der Waals surface area contributed by atoms with Crippen LogP contribution in [-0.4, -0.2) is 33.9 Å². The fourth-order valence-electron chi connectivity index (χ4n) is 6.04. The van der Waals surface area contributed by atoms with E-state index in [-0.39, 0.29) is 18.2 Å². The molecule has 0 radical (unpaired) electrons. The Bertz CT molecular complexity index is 753. The van der Waals surface area contributed by atoms with E-state index in [4.69, 9.17) is 0 Å². The maximum absolute atomic E-state index is 13.2. The number of hydrazone groups is 1. The average molecular weight is 325 g/mol. The molecule has 1 aliphatic heterocycles. The number of ketones is 1. The quantitative estimate of drug-likeness (QED) is 0.865. The molecular formula is C19H23N3O2. The third-order valence-electron chi connectivity index (χ3n) is 7.40. The number of nitrogens with zero attached hydrogens (tertiary/aromatic N) is 2. The Hall–Kier alpha value is -1.91. The number of hydrogen-bond acceptors (Lipinski definition) is 3. The zero-order valence-electron chi connectivity index (χ0n) is 14.2. The first-order valence-electron chi connectivity index (χ1n) is 9.06. The number of fused-ring (bicyclic) bond motifs is 1. The zero-order valence-corrected chi connectivity index (χ0v) is 14.2. The van der Waals surface area contributed by atoms with Crippen molar-refractivity contribution >= 4 is 17.4 Å². The number of aromatic nitrogens is 1. The van der Waals surface area contributed by atoms with E-state index in [9.17, 15) is 9.59 Å². The highest BCUT2D eigenvalue weighted by Crippen LogP contribution is 2.73. The van der Waals surface area contributed by atoms with Crippen molar-refractivity contribution in [3.05, 3.63) is 24.0 Å². The summed E-state index contributed by atoms with van der Waals surface area (Å²) in [5, 5.41) is 5.92. The molecule has 5 rings (SSSR count). The Balaban J connectivity index is 1.38. The van der Waals surface area contributed by atoms with Crippen LogP contribution >= 0.6 is 0 Å². The first-order valence-corrected chi connectivity index (χ1v) is 9.06. The molecule has 6 atom stereocenters. The second kappa shape index (κ2) is 4.58. The highest BCUT2D eigenvalue weighted by Gasteiger charge is 2.69. The van der Waals surface area contributed by atoms with Crippen molar-refractivity contribution in [1.29, 1.82) is 0 Å². The van der Waals surface area contributed by atoms with Gasteiger partial charge in [0.05, 0.1) is 16.8 Å². The molecule has 0 spiro atoms. The summed E-state index contributed by atoms with van der Waals surface area (Å²) >= 11 is 0. The van der Waals surface area contributed by atoms with Crippen molar-refractivity contribution < 1.29 is 9.59 Å². The van der Waals surface area contributed by atoms with Crippen LogP contribution in [0.2, 0.25) is 0 Å². The van der Waals surface area contributed by atoms with Gasteiger partial charge in [-0.05, 0) is 74.8 Å². The molecule has 24 heavy (non-hydrogen) atoms. The number of carbonyl (C=O) groups excluding carboxylic acids is 2. The third-order valence-corrected chi connectivity index (χ3v) is 7.40. The van der Waals surface area contributed by atoms with Crippen LogP contribution in [0.4, 0.5) is 0 Å². The van der Waals surface area contributed by atoms with Crippen molar-refractivity contribution in [2.24, 2.45) is 40.1 Å². The Morgan fingerprint density at radius 1 is 1.38 bits per heavy atom. The summed E-state index contributed by atoms with van der Waals surface area (Å²) in [7, 11) is 0. The maximum Gasteiger partial charge on any atom is 0.255 e. The number of Topliss-reactive ketones (excluding diaryl/α,β-unsaturated/α-hetero) is 1. The lowest BCUT2D eigenvalue weighted by Crippen LogP contribution is -2.45. The predicted octanol–water partition coefficient (Wildman–Crippen LogP) is 2.71. The second-order valence-electron chi connectivity index (χ2n) is 8.25. The molecule has 0 bridgehead atoms. The first kappa shape index (κ1) is 14.4. The predicted molar refractivity (Wildman–Crippen MR) is 89.4 cm³/mol. The molecule has 5 nitrogen and oxygen atoms in total. The van der Waals surface area contributed by atoms with Gasteiger partial charge in [-0.3, -0.25) is 9.59 Å². The molecule has 5 unspecified atom stereocenters. The minimum atomic E-state index is -0.511. The molecule has 0 aromatic carbocycles. The van der Waals surface area contributed by atoms with E-state index < -0.39 is 5.41 Å². The fourth-order valence-corrected chi connectivity index (χ4v) is 6.04. The largest absolute Gasteiger partial charge is 0.359 e. The van der Waals surface area contributed by atoms with Crippen molar-refractivity contribution in [3.8, 4) is 0 Å². The zero-order chi connectivity index (χ0) is 16.6. The lowest BCUT2D eigenvalue weighted by molar-refractivity contribution is -0.138. The van der Waals surface area contributed by atoms with E-state index in [0.29, 0.717) is 17.5 Å². The van der Waals surface area contributed by atoms with E-state index in [1.165, 1.54) is 24.3 Å². The highest BCUT2D eigenvalue weighted by atomic mass is 16.2. The van der Waals surface area contributed by atoms with Gasteiger partial charge < -0.3 is 4.98 Å². The van der Waals surface area contributed by atoms with Crippen LogP contribution in [0.5, 0.6) is 0 Å². The number of carbonyl (C=O) groups is 2. The number of nitrogens with one attached hydrogen (secondary N) is 1. The minimum Gasteiger partial charge on any atom is -0.359 e. The van der Waals surface area contributed by atoms with E-state index in [2.05, 4.69) is 17.0 Å². The van der Waals surface area contributed by atoms with Gasteiger partial charge in [0.1, 0.15) is 6.54 Å². The van der Waals surface area contributed by atoms with Crippen molar-refractivity contribution in [2.45, 2.75) is 33.1 Å². The van der Waals surface area contributed by atoms with Crippen LogP contribution in [0.1, 0.15) is 43.6 Å². The topological polar surface area (TPSA) is 65.5 Å². The van der Waals surface area contributed by atoms with Crippen LogP contribution in [0.25, 0.3) is 0 Å². The fraction of sp³-hybridized carbons (Fsp3) is 0.632. The van der Waals surface area contributed by atoms with Gasteiger partial charge in [-0.25, -0.2) is 5.01 Å². The van der Waals surface area contributed by atoms with Gasteiger partial charge in [-0.2, -0.15) is 5.10 Å². The van der Waals surface area contributed by atoms with E-state index >= 15 is 0 Å². The van der Waals surface area contributed by atoms with Gasteiger partial charge >= 0.3 is 0 Å². The van der Waals surface area contributed by atoms with Gasteiger partial charge in [-0.15, -0.1) is 0 Å². The monoisotopic (exact) mass is 325 g/mol. The number of hydrogen-bond donors (Lipinski definition) is 1. The minimum absolute atomic E-state index is 0.0228. The summed E-state index contributed by atoms with van der Waals surface area (Å²) < 4.78 is 0. The average Bonchev–Trinajstić information content (AvgIpc) is 3.04. The third kappa shape index (κ3) is 1.68. The van der Waals surface area contributed by atoms with Crippen LogP contribution in [0.15, 0.2) is 23.4 Å². The summed E-state index contributed by atoms with van der Waals surface area (Å²) in [5.74, 6) is 3.72. The SMILES string of the molecule is CC1=NN(CC(=O)c2ccc[nH]2)C(=O)[C@@]1(C)C1CC2C3CCC1C32. The molecule has 3 aliphatic carbocycles. The summed E-state index contributed by atoms with van der Waals surface area (Å²) in [5.41, 5.74) is 0.912. The summed E-state index contributed by atoms with van der Waals surface area (Å²) in [6, 6.07) is 3.53. The molecule has 1 aromatic rings. The Labute approximate surface area is 141 Å². The number of aromatic amines is 1. The molecule has 1 aromatic heterocycles. The molecule has 3 saturated carbocycles. The molecule has 2 heterocycles. The standard InChI is InChI=1S/C19H23N3O2/c1-10-19(2,14-8-13-11-5-6-12(14)17(11)13)18(24)22(21-10)9-16(23)15-4-3-7-20-15/h3-4,7,11-14,17,20H,5-6,8-9H2,1-2H3/t11?,12?,13?,14?,17?,19-/m1/s1. The summed E-state index contributed by atoms with van der Waals surface area (Å²) in [6.07, 6.45) is 5.52. The van der Waals surface area contributed by atoms with E-state index in [0.717, 1.165) is 23.5 Å². The Morgan fingerprint density at radius 2 is 2.17 bits per heavy atom. The number of amides is 1. The molecule has 1 N–H and O–H groups in total. The van der Waals surface area contributed by atoms with E-state index in [1.54, 1.807) is 18.3 Å². The normalized spacial score (nSPS) is 42.4. The van der Waals surface area contributed by atoms with Crippen molar-refractivity contribution in [3.63, 3.8) is 0 Å². The summed E-state index contributed by atoms with van der Waals surface area (Å²) in [4.78, 5) is 28.4. The molecule has 0 saturated heterocycles. The lowest BCUT2D eigenvalue weighted by atomic mass is 9.67. The number of H-pyrrole nitrogens is 1. The van der Waals surface area contributed by atoms with Gasteiger partial charge in [0.2, 0.25) is 5.78 Å². The van der Waals surface area contributed by atoms with Gasteiger partial charge in [0, 0.05) is 6.20 Å². The molecule has 5 heteroatoms. The van der Waals surface area contributed by atoms with Crippen LogP contribution in [0.3, 0.4) is 0 Å². The van der Waals surface area contributed by atoms with Gasteiger partial charge in [-0.1, -0.05) is 0 Å². The van der Waals surface area contributed by atoms with Gasteiger partial charge in [0.25, 0.3) is 5.91 Å². The summed E-state index contributed by atoms with van der Waals surface area (Å²) in [6.45, 7) is 4.06. The first-order chi connectivity index (χ1) is 11.5. The van der Waals surface area contributed by atoms with E-state index in [1.807, 2.05) is 6.92 Å². The molecular weight excluding hydrogens is 302 g/mol. The smallest absolute Gasteiger partial charge is 0.255 e. The van der Waals surface area contributed by atoms with Crippen LogP contribution in [0, 0.1) is 35.0 Å². The van der Waals surface area contributed by atoms with Crippen molar-refractivity contribution in [2.75, 3.05) is 6.54 Å². The molecule has 126 valence electrons. The van der Waals surface area contributed by atoms with Crippen LogP contribution < -0.4 is 0 Å². The highest BCUT2D eigenvalue weighted by molar-refractivity contribution is 6.12. The molecule has 3 fully saturated rings. The second-order valence-corrected chi connectivity index (χ2v) is 8.25. The Morgan fingerprint density at radius 3 is 2.88 bits per heavy atom. The Kier molecular flexibility index (Phi) is 2.76. The lowest BCUT2D eigenvalue weighted by Gasteiger charge is -2.34. The number of rotatable bonds is 4. The van der Waals surface area contributed by atoms with Crippen LogP contribution in [-0.2, 0) is 4.79 Å². The maximum atomic E-state index is 13.2. The van der Waals surface area contributed by atoms with Gasteiger partial charge in [0.15, 0.2) is 0 Å². The molecule has 4 aliphatic rings. The van der Waals surface area contributed by atoms with Crippen molar-refractivity contribution in [1.82, 2.24) is 9.99 Å². The molecule has 1 amide bonds.